The zero-order valence-electron chi connectivity index (χ0n) is 14.5. The smallest absolute Gasteiger partial charge is 0.352 e. The van der Waals surface area contributed by atoms with Gasteiger partial charge in [0, 0.05) is 17.8 Å². The topological polar surface area (TPSA) is 81.9 Å². The van der Waals surface area contributed by atoms with Crippen molar-refractivity contribution in [2.75, 3.05) is 11.4 Å². The van der Waals surface area contributed by atoms with Gasteiger partial charge in [0.1, 0.15) is 0 Å². The molecule has 0 radical (unpaired) electrons. The van der Waals surface area contributed by atoms with Crippen molar-refractivity contribution in [1.29, 1.82) is 5.26 Å². The Hall–Kier alpha value is -2.86. The van der Waals surface area contributed by atoms with Crippen LogP contribution < -0.4 is 10.2 Å². The van der Waals surface area contributed by atoms with Crippen molar-refractivity contribution in [3.05, 3.63) is 46.7 Å². The number of aromatic nitrogens is 2. The van der Waals surface area contributed by atoms with Crippen molar-refractivity contribution in [2.45, 2.75) is 25.4 Å². The Kier molecular flexibility index (Phi) is 5.70. The zero-order valence-corrected chi connectivity index (χ0v) is 15.3. The second-order valence-electron chi connectivity index (χ2n) is 6.35. The van der Waals surface area contributed by atoms with Crippen molar-refractivity contribution in [2.24, 2.45) is 5.92 Å². The third-order valence-electron chi connectivity index (χ3n) is 4.43. The van der Waals surface area contributed by atoms with Gasteiger partial charge in [0.25, 0.3) is 5.91 Å². The maximum atomic E-state index is 13.5. The molecule has 10 heteroatoms. The molecular formula is C18H15ClF3N5O. The summed E-state index contributed by atoms with van der Waals surface area (Å²) in [5.74, 6) is -1.11. The van der Waals surface area contributed by atoms with Crippen LogP contribution in [0.2, 0.25) is 5.02 Å². The summed E-state index contributed by atoms with van der Waals surface area (Å²) in [6, 6.07) is 5.96. The average Bonchev–Trinajstić information content (AvgIpc) is 2.60. The number of hydrogen-bond donors (Lipinski definition) is 1. The number of alkyl halides is 3. The number of halogens is 4. The number of nitrogens with one attached hydrogen (secondary N) is 1. The molecule has 1 aliphatic rings. The average molecular weight is 410 g/mol. The highest BCUT2D eigenvalue weighted by Crippen LogP contribution is 2.33. The number of rotatable bonds is 5. The lowest BCUT2D eigenvalue weighted by atomic mass is 9.85. The van der Waals surface area contributed by atoms with E-state index in [1.807, 2.05) is 0 Å². The van der Waals surface area contributed by atoms with Crippen LogP contribution in [0.3, 0.4) is 0 Å². The van der Waals surface area contributed by atoms with Gasteiger partial charge in [0.2, 0.25) is 5.95 Å². The molecule has 0 unspecified atom stereocenters. The predicted octanol–water partition coefficient (Wildman–Crippen LogP) is 4.30. The monoisotopic (exact) mass is 409 g/mol. The van der Waals surface area contributed by atoms with Crippen LogP contribution in [0.15, 0.2) is 30.5 Å². The predicted molar refractivity (Wildman–Crippen MR) is 95.9 cm³/mol. The molecule has 146 valence electrons. The van der Waals surface area contributed by atoms with Gasteiger partial charge in [0.15, 0.2) is 11.9 Å². The van der Waals surface area contributed by atoms with Crippen LogP contribution in [0.25, 0.3) is 0 Å². The molecule has 2 aromatic rings. The van der Waals surface area contributed by atoms with Gasteiger partial charge in [-0.3, -0.25) is 4.79 Å². The highest BCUT2D eigenvalue weighted by atomic mass is 35.5. The first kappa shape index (κ1) is 19.9. The van der Waals surface area contributed by atoms with E-state index in [1.54, 1.807) is 12.3 Å². The summed E-state index contributed by atoms with van der Waals surface area (Å²) in [7, 11) is 0. The highest BCUT2D eigenvalue weighted by Gasteiger charge is 2.39. The lowest BCUT2D eigenvalue weighted by Crippen LogP contribution is -2.34. The SMILES string of the molecule is N#CN(c1cccc(Cl)c1)c1ncc(C(=O)NCC2CCC2)c(C(F)(F)F)n1. The lowest BCUT2D eigenvalue weighted by molar-refractivity contribution is -0.141. The van der Waals surface area contributed by atoms with E-state index in [0.29, 0.717) is 11.6 Å². The Morgan fingerprint density at radius 2 is 2.14 bits per heavy atom. The molecule has 1 saturated carbocycles. The number of amides is 1. The summed E-state index contributed by atoms with van der Waals surface area (Å²) in [6.07, 6.45) is 0.563. The molecule has 6 nitrogen and oxygen atoms in total. The fraction of sp³-hybridized carbons (Fsp3) is 0.333. The third-order valence-corrected chi connectivity index (χ3v) is 4.67. The van der Waals surface area contributed by atoms with Crippen LogP contribution in [0.4, 0.5) is 24.8 Å². The highest BCUT2D eigenvalue weighted by molar-refractivity contribution is 6.30. The van der Waals surface area contributed by atoms with E-state index in [-0.39, 0.29) is 11.6 Å². The molecular weight excluding hydrogens is 395 g/mol. The Morgan fingerprint density at radius 1 is 1.39 bits per heavy atom. The van der Waals surface area contributed by atoms with E-state index in [1.165, 1.54) is 18.2 Å². The molecule has 0 aliphatic heterocycles. The van der Waals surface area contributed by atoms with Gasteiger partial charge in [-0.2, -0.15) is 18.4 Å². The first-order valence-electron chi connectivity index (χ1n) is 8.47. The maximum absolute atomic E-state index is 13.5. The molecule has 0 bridgehead atoms. The van der Waals surface area contributed by atoms with Crippen molar-refractivity contribution in [3.8, 4) is 6.19 Å². The summed E-state index contributed by atoms with van der Waals surface area (Å²) >= 11 is 5.87. The Bertz CT molecular complexity index is 924. The number of benzene rings is 1. The van der Waals surface area contributed by atoms with E-state index in [2.05, 4.69) is 15.3 Å². The molecule has 0 spiro atoms. The summed E-state index contributed by atoms with van der Waals surface area (Å²) < 4.78 is 40.5. The molecule has 0 saturated heterocycles. The number of carbonyl (C=O) groups is 1. The largest absolute Gasteiger partial charge is 0.434 e. The van der Waals surface area contributed by atoms with Gasteiger partial charge in [-0.1, -0.05) is 24.1 Å². The van der Waals surface area contributed by atoms with Gasteiger partial charge in [-0.05, 0) is 37.0 Å². The van der Waals surface area contributed by atoms with E-state index < -0.39 is 29.3 Å². The van der Waals surface area contributed by atoms with E-state index in [9.17, 15) is 23.2 Å². The number of carbonyl (C=O) groups excluding carboxylic acids is 1. The molecule has 3 rings (SSSR count). The summed E-state index contributed by atoms with van der Waals surface area (Å²) in [6.45, 7) is 0.310. The van der Waals surface area contributed by atoms with Gasteiger partial charge in [-0.25, -0.2) is 14.9 Å². The molecule has 0 atom stereocenters. The van der Waals surface area contributed by atoms with E-state index >= 15 is 0 Å². The summed E-state index contributed by atoms with van der Waals surface area (Å²) in [4.78, 5) is 20.3. The number of nitriles is 1. The molecule has 28 heavy (non-hydrogen) atoms. The molecule has 1 aliphatic carbocycles. The first-order chi connectivity index (χ1) is 13.3. The second-order valence-corrected chi connectivity index (χ2v) is 6.79. The molecule has 1 aromatic carbocycles. The second kappa shape index (κ2) is 8.02. The first-order valence-corrected chi connectivity index (χ1v) is 8.85. The van der Waals surface area contributed by atoms with Gasteiger partial charge in [0.05, 0.1) is 11.3 Å². The quantitative estimate of drug-likeness (QED) is 0.588. The van der Waals surface area contributed by atoms with Crippen LogP contribution in [-0.4, -0.2) is 22.4 Å². The number of anilines is 2. The van der Waals surface area contributed by atoms with Gasteiger partial charge < -0.3 is 5.32 Å². The zero-order chi connectivity index (χ0) is 20.3. The van der Waals surface area contributed by atoms with Gasteiger partial charge in [-0.15, -0.1) is 0 Å². The lowest BCUT2D eigenvalue weighted by Gasteiger charge is -2.25. The van der Waals surface area contributed by atoms with E-state index in [0.717, 1.165) is 30.4 Å². The Morgan fingerprint density at radius 3 is 2.71 bits per heavy atom. The van der Waals surface area contributed by atoms with Crippen LogP contribution in [0.1, 0.15) is 35.3 Å². The fourth-order valence-corrected chi connectivity index (χ4v) is 2.91. The molecule has 1 fully saturated rings. The fourth-order valence-electron chi connectivity index (χ4n) is 2.72. The minimum atomic E-state index is -4.89. The maximum Gasteiger partial charge on any atom is 0.434 e. The summed E-state index contributed by atoms with van der Waals surface area (Å²) in [5, 5.41) is 12.2. The Labute approximate surface area is 164 Å². The van der Waals surface area contributed by atoms with Crippen molar-refractivity contribution in [1.82, 2.24) is 15.3 Å². The third kappa shape index (κ3) is 4.34. The minimum absolute atomic E-state index is 0.199. The van der Waals surface area contributed by atoms with Crippen LogP contribution in [0.5, 0.6) is 0 Å². The van der Waals surface area contributed by atoms with E-state index in [4.69, 9.17) is 11.6 Å². The minimum Gasteiger partial charge on any atom is -0.352 e. The standard InChI is InChI=1S/C18H15ClF3N5O/c19-12-5-2-6-13(7-12)27(10-23)17-25-9-14(15(26-17)18(20,21)22)16(28)24-8-11-3-1-4-11/h2,5-7,9,11H,1,3-4,8H2,(H,24,28). The molecule has 1 amide bonds. The molecule has 1 heterocycles. The molecule has 1 N–H and O–H groups in total. The number of hydrogen-bond acceptors (Lipinski definition) is 5. The van der Waals surface area contributed by atoms with Crippen molar-refractivity contribution < 1.29 is 18.0 Å². The van der Waals surface area contributed by atoms with Crippen molar-refractivity contribution in [3.63, 3.8) is 0 Å². The Balaban J connectivity index is 1.93. The van der Waals surface area contributed by atoms with Crippen LogP contribution in [0, 0.1) is 17.4 Å². The molecule has 1 aromatic heterocycles. The summed E-state index contributed by atoms with van der Waals surface area (Å²) in [5.41, 5.74) is -1.88. The van der Waals surface area contributed by atoms with Gasteiger partial charge >= 0.3 is 6.18 Å². The normalized spacial score (nSPS) is 14.1. The van der Waals surface area contributed by atoms with Crippen molar-refractivity contribution >= 4 is 29.1 Å². The van der Waals surface area contributed by atoms with Crippen LogP contribution >= 0.6 is 11.6 Å². The van der Waals surface area contributed by atoms with Crippen LogP contribution in [-0.2, 0) is 6.18 Å². The number of nitrogens with zero attached hydrogens (tertiary/aromatic N) is 4.